The quantitative estimate of drug-likeness (QED) is 0.409. The van der Waals surface area contributed by atoms with Crippen LogP contribution >= 0.6 is 0 Å². The molecule has 0 radical (unpaired) electrons. The SMILES string of the molecule is CCCC(CC)C(=O)c1cc2c(n1C1CCCC1)=NC(Nc1ccc(C(=O)OC)cn1)=CCCC=2. The van der Waals surface area contributed by atoms with Crippen molar-refractivity contribution in [2.45, 2.75) is 77.7 Å². The molecule has 35 heavy (non-hydrogen) atoms. The molecule has 0 bridgehead atoms. The number of esters is 1. The summed E-state index contributed by atoms with van der Waals surface area (Å²) in [6.07, 6.45) is 14.7. The minimum atomic E-state index is -0.417. The van der Waals surface area contributed by atoms with Gasteiger partial charge in [0.2, 0.25) is 0 Å². The molecular weight excluding hydrogens is 440 g/mol. The van der Waals surface area contributed by atoms with Crippen LogP contribution in [0, 0.1) is 5.92 Å². The van der Waals surface area contributed by atoms with E-state index in [1.54, 1.807) is 12.1 Å². The highest BCUT2D eigenvalue weighted by Crippen LogP contribution is 2.30. The van der Waals surface area contributed by atoms with Crippen LogP contribution in [0.3, 0.4) is 0 Å². The number of Topliss-reactive ketones (excluding diaryl/α,β-unsaturated/α-hetero) is 1. The number of carbonyl (C=O) groups is 2. The first-order valence-corrected chi connectivity index (χ1v) is 12.9. The van der Waals surface area contributed by atoms with Gasteiger partial charge in [0.15, 0.2) is 5.78 Å². The average Bonchev–Trinajstić information content (AvgIpc) is 3.51. The first-order valence-electron chi connectivity index (χ1n) is 12.9. The zero-order valence-electron chi connectivity index (χ0n) is 21.0. The average molecular weight is 477 g/mol. The van der Waals surface area contributed by atoms with E-state index in [-0.39, 0.29) is 11.7 Å². The van der Waals surface area contributed by atoms with Crippen molar-refractivity contribution in [3.8, 4) is 0 Å². The second-order valence-electron chi connectivity index (χ2n) is 9.41. The number of nitrogens with zero attached hydrogens (tertiary/aromatic N) is 3. The van der Waals surface area contributed by atoms with Gasteiger partial charge < -0.3 is 14.6 Å². The van der Waals surface area contributed by atoms with Gasteiger partial charge in [-0.3, -0.25) is 4.79 Å². The summed E-state index contributed by atoms with van der Waals surface area (Å²) in [6.45, 7) is 4.25. The molecule has 1 atom stereocenters. The normalized spacial score (nSPS) is 16.7. The van der Waals surface area contributed by atoms with Gasteiger partial charge in [0.25, 0.3) is 0 Å². The lowest BCUT2D eigenvalue weighted by atomic mass is 9.93. The van der Waals surface area contributed by atoms with Gasteiger partial charge in [0.05, 0.1) is 18.4 Å². The minimum absolute atomic E-state index is 0.0477. The number of rotatable bonds is 9. The van der Waals surface area contributed by atoms with Gasteiger partial charge in [0.1, 0.15) is 17.1 Å². The number of ketones is 1. The Morgan fingerprint density at radius 2 is 1.94 bits per heavy atom. The summed E-state index contributed by atoms with van der Waals surface area (Å²) in [6, 6.07) is 5.80. The summed E-state index contributed by atoms with van der Waals surface area (Å²) in [5.41, 5.74) is 2.06. The number of pyridine rings is 1. The van der Waals surface area contributed by atoms with E-state index >= 15 is 0 Å². The summed E-state index contributed by atoms with van der Waals surface area (Å²) in [5, 5.41) is 4.34. The summed E-state index contributed by atoms with van der Waals surface area (Å²) in [4.78, 5) is 34.8. The fourth-order valence-corrected chi connectivity index (χ4v) is 5.14. The van der Waals surface area contributed by atoms with Crippen LogP contribution in [0.25, 0.3) is 6.08 Å². The number of fused-ring (bicyclic) bond motifs is 1. The van der Waals surface area contributed by atoms with Crippen LogP contribution in [-0.2, 0) is 4.74 Å². The monoisotopic (exact) mass is 476 g/mol. The van der Waals surface area contributed by atoms with E-state index in [1.165, 1.54) is 26.1 Å². The molecular formula is C28H36N4O3. The highest BCUT2D eigenvalue weighted by atomic mass is 16.5. The Balaban J connectivity index is 1.75. The van der Waals surface area contributed by atoms with Gasteiger partial charge in [-0.05, 0) is 62.8 Å². The molecule has 0 saturated heterocycles. The van der Waals surface area contributed by atoms with Gasteiger partial charge in [-0.25, -0.2) is 14.8 Å². The van der Waals surface area contributed by atoms with Crippen molar-refractivity contribution in [1.82, 2.24) is 9.55 Å². The maximum Gasteiger partial charge on any atom is 0.339 e. The molecule has 1 unspecified atom stereocenters. The Kier molecular flexibility index (Phi) is 8.16. The zero-order valence-corrected chi connectivity index (χ0v) is 21.0. The molecule has 1 fully saturated rings. The first-order chi connectivity index (χ1) is 17.0. The molecule has 0 aromatic carbocycles. The van der Waals surface area contributed by atoms with Crippen molar-refractivity contribution in [3.05, 3.63) is 58.3 Å². The van der Waals surface area contributed by atoms with E-state index in [2.05, 4.69) is 46.9 Å². The van der Waals surface area contributed by atoms with Crippen molar-refractivity contribution >= 4 is 23.6 Å². The molecule has 1 aliphatic heterocycles. The molecule has 2 aromatic heterocycles. The number of carbonyl (C=O) groups excluding carboxylic acids is 2. The molecule has 1 aliphatic carbocycles. The van der Waals surface area contributed by atoms with E-state index in [4.69, 9.17) is 9.73 Å². The highest BCUT2D eigenvalue weighted by molar-refractivity contribution is 5.96. The maximum atomic E-state index is 13.7. The van der Waals surface area contributed by atoms with Crippen molar-refractivity contribution in [2.75, 3.05) is 12.4 Å². The highest BCUT2D eigenvalue weighted by Gasteiger charge is 2.27. The predicted molar refractivity (Wildman–Crippen MR) is 137 cm³/mol. The number of anilines is 1. The molecule has 7 nitrogen and oxygen atoms in total. The fraction of sp³-hybridized carbons (Fsp3) is 0.500. The lowest BCUT2D eigenvalue weighted by Crippen LogP contribution is -2.34. The Hall–Kier alpha value is -3.22. The number of allylic oxidation sites excluding steroid dienone is 1. The molecule has 2 aromatic rings. The van der Waals surface area contributed by atoms with Crippen LogP contribution in [0.2, 0.25) is 0 Å². The summed E-state index contributed by atoms with van der Waals surface area (Å²) >= 11 is 0. The molecule has 0 amide bonds. The van der Waals surface area contributed by atoms with E-state index in [0.29, 0.717) is 23.2 Å². The van der Waals surface area contributed by atoms with Crippen molar-refractivity contribution in [3.63, 3.8) is 0 Å². The molecule has 2 aliphatic rings. The van der Waals surface area contributed by atoms with Crippen LogP contribution in [-0.4, -0.2) is 28.4 Å². The molecule has 7 heteroatoms. The summed E-state index contributed by atoms with van der Waals surface area (Å²) in [5.74, 6) is 1.18. The van der Waals surface area contributed by atoms with Crippen LogP contribution < -0.4 is 16.0 Å². The molecule has 4 rings (SSSR count). The lowest BCUT2D eigenvalue weighted by molar-refractivity contribution is 0.0600. The van der Waals surface area contributed by atoms with Crippen molar-refractivity contribution in [1.29, 1.82) is 0 Å². The molecule has 3 heterocycles. The Labute approximate surface area is 207 Å². The topological polar surface area (TPSA) is 85.6 Å². The van der Waals surface area contributed by atoms with Crippen molar-refractivity contribution < 1.29 is 14.3 Å². The second kappa shape index (κ2) is 11.5. The Morgan fingerprint density at radius 1 is 1.17 bits per heavy atom. The number of nitrogens with one attached hydrogen (secondary N) is 1. The standard InChI is InChI=1S/C28H36N4O3/c1-4-10-19(5-2)26(33)23-17-20-11-6-9-14-25(31-27(20)32(23)22-12-7-8-13-22)30-24-16-15-21(18-29-24)28(34)35-3/h11,14-19,22H,4-10,12-13H2,1-3H3,(H,29,30). The second-order valence-corrected chi connectivity index (χ2v) is 9.41. The van der Waals surface area contributed by atoms with Gasteiger partial charge in [-0.2, -0.15) is 0 Å². The third kappa shape index (κ3) is 5.55. The largest absolute Gasteiger partial charge is 0.465 e. The summed E-state index contributed by atoms with van der Waals surface area (Å²) in [7, 11) is 1.35. The third-order valence-corrected chi connectivity index (χ3v) is 7.02. The van der Waals surface area contributed by atoms with E-state index < -0.39 is 5.97 Å². The number of hydrogen-bond acceptors (Lipinski definition) is 6. The van der Waals surface area contributed by atoms with Crippen LogP contribution in [0.1, 0.15) is 98.5 Å². The minimum Gasteiger partial charge on any atom is -0.465 e. The smallest absolute Gasteiger partial charge is 0.339 e. The van der Waals surface area contributed by atoms with Gasteiger partial charge >= 0.3 is 5.97 Å². The van der Waals surface area contributed by atoms with E-state index in [1.807, 2.05) is 0 Å². The molecule has 0 spiro atoms. The fourth-order valence-electron chi connectivity index (χ4n) is 5.14. The molecule has 1 N–H and O–H groups in total. The Bertz CT molecular complexity index is 1200. The van der Waals surface area contributed by atoms with Gasteiger partial charge in [0, 0.05) is 23.4 Å². The lowest BCUT2D eigenvalue weighted by Gasteiger charge is -2.19. The number of methoxy groups -OCH3 is 1. The Morgan fingerprint density at radius 3 is 2.60 bits per heavy atom. The third-order valence-electron chi connectivity index (χ3n) is 7.02. The first kappa shape index (κ1) is 24.9. The van der Waals surface area contributed by atoms with E-state index in [0.717, 1.165) is 61.3 Å². The maximum absolute atomic E-state index is 13.7. The van der Waals surface area contributed by atoms with Crippen LogP contribution in [0.5, 0.6) is 0 Å². The van der Waals surface area contributed by atoms with Crippen LogP contribution in [0.15, 0.2) is 41.3 Å². The van der Waals surface area contributed by atoms with Crippen LogP contribution in [0.4, 0.5) is 5.82 Å². The molecule has 186 valence electrons. The predicted octanol–water partition coefficient (Wildman–Crippen LogP) is 4.94. The van der Waals surface area contributed by atoms with Gasteiger partial charge in [-0.1, -0.05) is 39.2 Å². The van der Waals surface area contributed by atoms with Gasteiger partial charge in [-0.15, -0.1) is 0 Å². The van der Waals surface area contributed by atoms with E-state index in [9.17, 15) is 9.59 Å². The van der Waals surface area contributed by atoms with Crippen molar-refractivity contribution in [2.24, 2.45) is 10.9 Å². The number of aromatic nitrogens is 2. The molecule has 1 saturated carbocycles. The number of ether oxygens (including phenoxy) is 1. The zero-order chi connectivity index (χ0) is 24.8. The summed E-state index contributed by atoms with van der Waals surface area (Å²) < 4.78 is 6.99. The number of hydrogen-bond donors (Lipinski definition) is 1.